The standard InChI is InChI=1S/C12H14F3N3O2/c13-12(14,15)9-5-6-16-11(18-9)17-8-4-2-1-3-7(8)10(19)20/h5-8H,1-4H2,(H,19,20)(H,16,17,18). The molecular weight excluding hydrogens is 275 g/mol. The van der Waals surface area contributed by atoms with E-state index in [9.17, 15) is 18.0 Å². The first kappa shape index (κ1) is 14.5. The summed E-state index contributed by atoms with van der Waals surface area (Å²) in [5.74, 6) is -1.76. The van der Waals surface area contributed by atoms with Gasteiger partial charge >= 0.3 is 12.1 Å². The average molecular weight is 289 g/mol. The lowest BCUT2D eigenvalue weighted by Crippen LogP contribution is -2.37. The van der Waals surface area contributed by atoms with Crippen molar-refractivity contribution in [3.8, 4) is 0 Å². The summed E-state index contributed by atoms with van der Waals surface area (Å²) in [6, 6.07) is 0.338. The number of hydrogen-bond donors (Lipinski definition) is 2. The summed E-state index contributed by atoms with van der Waals surface area (Å²) >= 11 is 0. The van der Waals surface area contributed by atoms with E-state index in [1.807, 2.05) is 0 Å². The molecule has 2 rings (SSSR count). The van der Waals surface area contributed by atoms with Gasteiger partial charge in [-0.3, -0.25) is 4.79 Å². The number of rotatable bonds is 3. The second-order valence-corrected chi connectivity index (χ2v) is 4.74. The topological polar surface area (TPSA) is 75.1 Å². The summed E-state index contributed by atoms with van der Waals surface area (Å²) in [5, 5.41) is 11.8. The second kappa shape index (κ2) is 5.64. The minimum atomic E-state index is -4.54. The Hall–Kier alpha value is -1.86. The van der Waals surface area contributed by atoms with Gasteiger partial charge in [0.25, 0.3) is 0 Å². The molecule has 1 aromatic rings. The van der Waals surface area contributed by atoms with Gasteiger partial charge in [-0.25, -0.2) is 9.97 Å². The van der Waals surface area contributed by atoms with Crippen LogP contribution < -0.4 is 5.32 Å². The lowest BCUT2D eigenvalue weighted by atomic mass is 9.84. The zero-order chi connectivity index (χ0) is 14.8. The number of halogens is 3. The van der Waals surface area contributed by atoms with Gasteiger partial charge in [0.15, 0.2) is 0 Å². The fraction of sp³-hybridized carbons (Fsp3) is 0.583. The quantitative estimate of drug-likeness (QED) is 0.894. The Kier molecular flexibility index (Phi) is 4.10. The van der Waals surface area contributed by atoms with Crippen molar-refractivity contribution in [2.45, 2.75) is 37.9 Å². The number of hydrogen-bond acceptors (Lipinski definition) is 4. The molecule has 5 nitrogen and oxygen atoms in total. The van der Waals surface area contributed by atoms with Crippen LogP contribution in [0.2, 0.25) is 0 Å². The van der Waals surface area contributed by atoms with Crippen LogP contribution in [0.3, 0.4) is 0 Å². The highest BCUT2D eigenvalue weighted by Gasteiger charge is 2.34. The number of aliphatic carboxylic acids is 1. The molecule has 0 bridgehead atoms. The van der Waals surface area contributed by atoms with Crippen molar-refractivity contribution in [1.29, 1.82) is 0 Å². The fourth-order valence-corrected chi connectivity index (χ4v) is 2.35. The van der Waals surface area contributed by atoms with Gasteiger partial charge in [0.1, 0.15) is 5.69 Å². The first-order valence-electron chi connectivity index (χ1n) is 6.27. The van der Waals surface area contributed by atoms with E-state index in [1.54, 1.807) is 0 Å². The highest BCUT2D eigenvalue weighted by Crippen LogP contribution is 2.29. The highest BCUT2D eigenvalue weighted by atomic mass is 19.4. The molecule has 1 aliphatic carbocycles. The van der Waals surface area contributed by atoms with Crippen LogP contribution in [0.15, 0.2) is 12.3 Å². The van der Waals surface area contributed by atoms with Crippen molar-refractivity contribution >= 4 is 11.9 Å². The normalized spacial score (nSPS) is 23.4. The molecule has 1 aromatic heterocycles. The average Bonchev–Trinajstić information content (AvgIpc) is 2.38. The summed E-state index contributed by atoms with van der Waals surface area (Å²) < 4.78 is 37.6. The number of alkyl halides is 3. The number of carboxylic acid groups (broad SMARTS) is 1. The van der Waals surface area contributed by atoms with Crippen LogP contribution in [0.5, 0.6) is 0 Å². The largest absolute Gasteiger partial charge is 0.481 e. The number of aromatic nitrogens is 2. The Morgan fingerprint density at radius 3 is 2.70 bits per heavy atom. The van der Waals surface area contributed by atoms with Crippen LogP contribution in [0.1, 0.15) is 31.4 Å². The third-order valence-electron chi connectivity index (χ3n) is 3.34. The van der Waals surface area contributed by atoms with E-state index in [1.165, 1.54) is 0 Å². The smallest absolute Gasteiger partial charge is 0.433 e. The number of nitrogens with zero attached hydrogens (tertiary/aromatic N) is 2. The van der Waals surface area contributed by atoms with Gasteiger partial charge in [0.05, 0.1) is 5.92 Å². The number of carbonyl (C=O) groups is 1. The van der Waals surface area contributed by atoms with Gasteiger partial charge in [0, 0.05) is 12.2 Å². The molecule has 0 amide bonds. The molecule has 20 heavy (non-hydrogen) atoms. The van der Waals surface area contributed by atoms with Gasteiger partial charge in [0.2, 0.25) is 5.95 Å². The van der Waals surface area contributed by atoms with Gasteiger partial charge in [-0.05, 0) is 18.9 Å². The van der Waals surface area contributed by atoms with Crippen molar-refractivity contribution in [2.24, 2.45) is 5.92 Å². The molecule has 1 fully saturated rings. The lowest BCUT2D eigenvalue weighted by Gasteiger charge is -2.29. The maximum Gasteiger partial charge on any atom is 0.433 e. The molecule has 2 N–H and O–H groups in total. The van der Waals surface area contributed by atoms with E-state index in [2.05, 4.69) is 15.3 Å². The number of carboxylic acids is 1. The number of nitrogens with one attached hydrogen (secondary N) is 1. The highest BCUT2D eigenvalue weighted by molar-refractivity contribution is 5.71. The molecule has 1 heterocycles. The first-order chi connectivity index (χ1) is 9.38. The van der Waals surface area contributed by atoms with Gasteiger partial charge in [-0.1, -0.05) is 12.8 Å². The minimum Gasteiger partial charge on any atom is -0.481 e. The van der Waals surface area contributed by atoms with Crippen molar-refractivity contribution in [2.75, 3.05) is 5.32 Å². The van der Waals surface area contributed by atoms with E-state index in [4.69, 9.17) is 5.11 Å². The monoisotopic (exact) mass is 289 g/mol. The molecule has 1 saturated carbocycles. The maximum atomic E-state index is 12.5. The van der Waals surface area contributed by atoms with Crippen molar-refractivity contribution in [3.05, 3.63) is 18.0 Å². The summed E-state index contributed by atoms with van der Waals surface area (Å²) in [5.41, 5.74) is -1.04. The van der Waals surface area contributed by atoms with E-state index in [0.29, 0.717) is 12.8 Å². The van der Waals surface area contributed by atoms with Crippen LogP contribution in [-0.2, 0) is 11.0 Å². The third-order valence-corrected chi connectivity index (χ3v) is 3.34. The molecule has 1 aliphatic rings. The Labute approximate surface area is 113 Å². The molecule has 0 aliphatic heterocycles. The predicted octanol–water partition coefficient (Wildman–Crippen LogP) is 2.55. The lowest BCUT2D eigenvalue weighted by molar-refractivity contribution is -0.143. The summed E-state index contributed by atoms with van der Waals surface area (Å²) in [4.78, 5) is 18.2. The molecule has 0 radical (unpaired) electrons. The Morgan fingerprint density at radius 2 is 2.05 bits per heavy atom. The first-order valence-corrected chi connectivity index (χ1v) is 6.27. The Balaban J connectivity index is 2.14. The molecule has 110 valence electrons. The summed E-state index contributed by atoms with van der Waals surface area (Å²) in [7, 11) is 0. The molecule has 2 unspecified atom stereocenters. The predicted molar refractivity (Wildman–Crippen MR) is 64.0 cm³/mol. The van der Waals surface area contributed by atoms with Crippen molar-refractivity contribution in [1.82, 2.24) is 9.97 Å². The molecular formula is C12H14F3N3O2. The van der Waals surface area contributed by atoms with Crippen LogP contribution in [-0.4, -0.2) is 27.1 Å². The van der Waals surface area contributed by atoms with Crippen LogP contribution >= 0.6 is 0 Å². The molecule has 8 heteroatoms. The zero-order valence-electron chi connectivity index (χ0n) is 10.5. The van der Waals surface area contributed by atoms with Crippen molar-refractivity contribution in [3.63, 3.8) is 0 Å². The van der Waals surface area contributed by atoms with E-state index in [-0.39, 0.29) is 5.95 Å². The van der Waals surface area contributed by atoms with E-state index < -0.39 is 29.8 Å². The molecule has 0 saturated heterocycles. The third kappa shape index (κ3) is 3.37. The van der Waals surface area contributed by atoms with Crippen LogP contribution in [0.25, 0.3) is 0 Å². The van der Waals surface area contributed by atoms with Gasteiger partial charge in [-0.2, -0.15) is 13.2 Å². The van der Waals surface area contributed by atoms with Crippen LogP contribution in [0, 0.1) is 5.92 Å². The molecule has 0 spiro atoms. The van der Waals surface area contributed by atoms with E-state index >= 15 is 0 Å². The SMILES string of the molecule is O=C(O)C1CCCCC1Nc1nccc(C(F)(F)F)n1. The fourth-order valence-electron chi connectivity index (χ4n) is 2.35. The zero-order valence-corrected chi connectivity index (χ0v) is 10.5. The summed E-state index contributed by atoms with van der Waals surface area (Å²) in [6.45, 7) is 0. The molecule has 0 aromatic carbocycles. The number of anilines is 1. The van der Waals surface area contributed by atoms with Crippen LogP contribution in [0.4, 0.5) is 19.1 Å². The van der Waals surface area contributed by atoms with E-state index in [0.717, 1.165) is 25.1 Å². The summed E-state index contributed by atoms with van der Waals surface area (Å²) in [6.07, 6.45) is -0.809. The van der Waals surface area contributed by atoms with Gasteiger partial charge < -0.3 is 10.4 Å². The second-order valence-electron chi connectivity index (χ2n) is 4.74. The minimum absolute atomic E-state index is 0.182. The maximum absolute atomic E-state index is 12.5. The van der Waals surface area contributed by atoms with Crippen molar-refractivity contribution < 1.29 is 23.1 Å². The Morgan fingerprint density at radius 1 is 1.35 bits per heavy atom. The Bertz CT molecular complexity index is 493. The van der Waals surface area contributed by atoms with Gasteiger partial charge in [-0.15, -0.1) is 0 Å². The molecule has 2 atom stereocenters.